The Hall–Kier alpha value is -2.15. The molecule has 2 aromatic rings. The van der Waals surface area contributed by atoms with Crippen LogP contribution >= 0.6 is 0 Å². The minimum atomic E-state index is -3.95. The maximum absolute atomic E-state index is 13.2. The molecule has 0 fully saturated rings. The van der Waals surface area contributed by atoms with E-state index < -0.39 is 15.8 Å². The molecule has 0 atom stereocenters. The highest BCUT2D eigenvalue weighted by atomic mass is 32.2. The fraction of sp³-hybridized carbons (Fsp3) is 0.154. The zero-order valence-electron chi connectivity index (χ0n) is 10.9. The Morgan fingerprint density at radius 1 is 1.25 bits per heavy atom. The Kier molecular flexibility index (Phi) is 3.63. The topological polar surface area (TPSA) is 79.3 Å². The first-order valence-corrected chi connectivity index (χ1v) is 7.23. The van der Waals surface area contributed by atoms with Gasteiger partial charge in [0.2, 0.25) is 0 Å². The number of halogens is 1. The summed E-state index contributed by atoms with van der Waals surface area (Å²) in [5.74, 6) is -0.955. The van der Waals surface area contributed by atoms with Crippen molar-refractivity contribution in [1.82, 2.24) is 4.98 Å². The number of aromatic hydroxyl groups is 1. The maximum Gasteiger partial charge on any atom is 0.263 e. The second-order valence-electron chi connectivity index (χ2n) is 4.35. The van der Waals surface area contributed by atoms with Crippen LogP contribution in [0, 0.1) is 19.7 Å². The van der Waals surface area contributed by atoms with E-state index >= 15 is 0 Å². The molecule has 20 heavy (non-hydrogen) atoms. The van der Waals surface area contributed by atoms with Crippen molar-refractivity contribution in [1.29, 1.82) is 0 Å². The average molecular weight is 296 g/mol. The van der Waals surface area contributed by atoms with Crippen molar-refractivity contribution in [2.45, 2.75) is 18.7 Å². The molecule has 0 unspecified atom stereocenters. The molecular formula is C13H13FN2O3S. The number of pyridine rings is 1. The van der Waals surface area contributed by atoms with Gasteiger partial charge in [0.25, 0.3) is 10.0 Å². The van der Waals surface area contributed by atoms with E-state index in [4.69, 9.17) is 0 Å². The smallest absolute Gasteiger partial charge is 0.263 e. The monoisotopic (exact) mass is 296 g/mol. The molecule has 2 N–H and O–H groups in total. The van der Waals surface area contributed by atoms with Gasteiger partial charge < -0.3 is 5.11 Å². The molecule has 0 aliphatic rings. The lowest BCUT2D eigenvalue weighted by atomic mass is 10.1. The molecule has 7 heteroatoms. The van der Waals surface area contributed by atoms with Gasteiger partial charge in [-0.15, -0.1) is 0 Å². The lowest BCUT2D eigenvalue weighted by Gasteiger charge is -2.13. The second kappa shape index (κ2) is 5.09. The van der Waals surface area contributed by atoms with Crippen molar-refractivity contribution in [3.8, 4) is 5.75 Å². The number of hydrogen-bond acceptors (Lipinski definition) is 4. The number of nitrogens with zero attached hydrogens (tertiary/aromatic N) is 1. The van der Waals surface area contributed by atoms with Crippen LogP contribution in [0.3, 0.4) is 0 Å². The first-order valence-electron chi connectivity index (χ1n) is 5.75. The molecule has 0 spiro atoms. The Labute approximate surface area is 116 Å². The van der Waals surface area contributed by atoms with E-state index in [1.165, 1.54) is 32.2 Å². The van der Waals surface area contributed by atoms with Gasteiger partial charge in [-0.1, -0.05) is 0 Å². The lowest BCUT2D eigenvalue weighted by Crippen LogP contribution is -2.16. The first kappa shape index (κ1) is 14.3. The number of hydrogen-bond donors (Lipinski definition) is 2. The predicted molar refractivity (Wildman–Crippen MR) is 72.6 cm³/mol. The molecule has 0 radical (unpaired) electrons. The van der Waals surface area contributed by atoms with Crippen LogP contribution in [0.5, 0.6) is 5.75 Å². The third-order valence-corrected chi connectivity index (χ3v) is 4.35. The number of aryl methyl sites for hydroxylation is 2. The quantitative estimate of drug-likeness (QED) is 0.911. The molecule has 5 nitrogen and oxygen atoms in total. The van der Waals surface area contributed by atoms with Gasteiger partial charge in [0.1, 0.15) is 5.82 Å². The molecule has 0 amide bonds. The van der Waals surface area contributed by atoms with E-state index in [0.717, 1.165) is 12.1 Å². The summed E-state index contributed by atoms with van der Waals surface area (Å²) in [5, 5.41) is 9.55. The first-order chi connectivity index (χ1) is 9.31. The van der Waals surface area contributed by atoms with Gasteiger partial charge in [-0.2, -0.15) is 0 Å². The zero-order valence-corrected chi connectivity index (χ0v) is 11.7. The fourth-order valence-corrected chi connectivity index (χ4v) is 3.45. The fourth-order valence-electron chi connectivity index (χ4n) is 1.98. The standard InChI is InChI=1S/C13H13FN2O3S/c1-8-6-10(14)7-9(2)12(8)20(18,19)16-13-11(17)4-3-5-15-13/h3-7,17H,1-2H3,(H,15,16). The molecule has 106 valence electrons. The minimum Gasteiger partial charge on any atom is -0.504 e. The van der Waals surface area contributed by atoms with Gasteiger partial charge in [0, 0.05) is 6.20 Å². The highest BCUT2D eigenvalue weighted by Gasteiger charge is 2.22. The molecular weight excluding hydrogens is 283 g/mol. The van der Waals surface area contributed by atoms with Crippen LogP contribution in [0.2, 0.25) is 0 Å². The molecule has 0 saturated heterocycles. The Bertz CT molecular complexity index is 737. The summed E-state index contributed by atoms with van der Waals surface area (Å²) >= 11 is 0. The summed E-state index contributed by atoms with van der Waals surface area (Å²) < 4.78 is 40.1. The van der Waals surface area contributed by atoms with Crippen LogP contribution in [0.15, 0.2) is 35.4 Å². The molecule has 1 aromatic carbocycles. The third kappa shape index (κ3) is 2.72. The van der Waals surface area contributed by atoms with Crippen LogP contribution in [0.4, 0.5) is 10.2 Å². The highest BCUT2D eigenvalue weighted by molar-refractivity contribution is 7.92. The van der Waals surface area contributed by atoms with Gasteiger partial charge in [0.15, 0.2) is 11.6 Å². The van der Waals surface area contributed by atoms with E-state index in [2.05, 4.69) is 9.71 Å². The van der Waals surface area contributed by atoms with E-state index in [1.54, 1.807) is 0 Å². The molecule has 0 bridgehead atoms. The molecule has 1 heterocycles. The van der Waals surface area contributed by atoms with Gasteiger partial charge >= 0.3 is 0 Å². The van der Waals surface area contributed by atoms with Crippen LogP contribution in [-0.2, 0) is 10.0 Å². The van der Waals surface area contributed by atoms with Crippen molar-refractivity contribution in [3.05, 3.63) is 47.4 Å². The van der Waals surface area contributed by atoms with Crippen molar-refractivity contribution in [2.24, 2.45) is 0 Å². The number of nitrogens with one attached hydrogen (secondary N) is 1. The number of benzene rings is 1. The number of anilines is 1. The summed E-state index contributed by atoms with van der Waals surface area (Å²) in [7, 11) is -3.95. The van der Waals surface area contributed by atoms with E-state index in [1.807, 2.05) is 0 Å². The molecule has 0 aliphatic heterocycles. The summed E-state index contributed by atoms with van der Waals surface area (Å²) in [6.07, 6.45) is 1.35. The Morgan fingerprint density at radius 3 is 2.40 bits per heavy atom. The van der Waals surface area contributed by atoms with Crippen molar-refractivity contribution in [2.75, 3.05) is 4.72 Å². The largest absolute Gasteiger partial charge is 0.504 e. The highest BCUT2D eigenvalue weighted by Crippen LogP contribution is 2.26. The lowest BCUT2D eigenvalue weighted by molar-refractivity contribution is 0.475. The average Bonchev–Trinajstić information content (AvgIpc) is 2.30. The predicted octanol–water partition coefficient (Wildman–Crippen LogP) is 2.34. The maximum atomic E-state index is 13.2. The van der Waals surface area contributed by atoms with E-state index in [9.17, 15) is 17.9 Å². The Balaban J connectivity index is 2.50. The van der Waals surface area contributed by atoms with Gasteiger partial charge in [-0.25, -0.2) is 17.8 Å². The summed E-state index contributed by atoms with van der Waals surface area (Å²) in [6.45, 7) is 3.01. The zero-order chi connectivity index (χ0) is 14.9. The van der Waals surface area contributed by atoms with E-state index in [0.29, 0.717) is 0 Å². The number of aromatic nitrogens is 1. The van der Waals surface area contributed by atoms with Crippen LogP contribution in [0.25, 0.3) is 0 Å². The summed E-state index contributed by atoms with van der Waals surface area (Å²) in [4.78, 5) is 3.73. The summed E-state index contributed by atoms with van der Waals surface area (Å²) in [5.41, 5.74) is 0.566. The van der Waals surface area contributed by atoms with Crippen LogP contribution in [0.1, 0.15) is 11.1 Å². The normalized spacial score (nSPS) is 11.3. The van der Waals surface area contributed by atoms with Gasteiger partial charge in [0.05, 0.1) is 4.90 Å². The molecule has 0 saturated carbocycles. The van der Waals surface area contributed by atoms with Crippen molar-refractivity contribution in [3.63, 3.8) is 0 Å². The SMILES string of the molecule is Cc1cc(F)cc(C)c1S(=O)(=O)Nc1ncccc1O. The van der Waals surface area contributed by atoms with E-state index in [-0.39, 0.29) is 27.6 Å². The van der Waals surface area contributed by atoms with Gasteiger partial charge in [-0.3, -0.25) is 4.72 Å². The summed E-state index contributed by atoms with van der Waals surface area (Å²) in [6, 6.07) is 5.07. The molecule has 1 aromatic heterocycles. The number of rotatable bonds is 3. The van der Waals surface area contributed by atoms with Crippen molar-refractivity contribution >= 4 is 15.8 Å². The third-order valence-electron chi connectivity index (χ3n) is 2.71. The molecule has 0 aliphatic carbocycles. The number of sulfonamides is 1. The Morgan fingerprint density at radius 2 is 1.85 bits per heavy atom. The minimum absolute atomic E-state index is 0.0241. The molecule has 2 rings (SSSR count). The van der Waals surface area contributed by atoms with Crippen molar-refractivity contribution < 1.29 is 17.9 Å². The van der Waals surface area contributed by atoms with Gasteiger partial charge in [-0.05, 0) is 49.2 Å². The van der Waals surface area contributed by atoms with Crippen LogP contribution < -0.4 is 4.72 Å². The second-order valence-corrected chi connectivity index (χ2v) is 5.96. The van der Waals surface area contributed by atoms with Crippen LogP contribution in [-0.4, -0.2) is 18.5 Å².